The van der Waals surface area contributed by atoms with Crippen LogP contribution in [0.1, 0.15) is 69.9 Å². The molecule has 33 heavy (non-hydrogen) atoms. The maximum atomic E-state index is 11.5. The van der Waals surface area contributed by atoms with Crippen LogP contribution in [0, 0.1) is 5.92 Å². The SMILES string of the molecule is CCNC(=NCCCN1CCCC(C(N)=O)C1)NC1CC2(CCCC2)Oc2ccccc21.I. The number of guanidine groups is 1. The van der Waals surface area contributed by atoms with Crippen LogP contribution in [0.4, 0.5) is 0 Å². The van der Waals surface area contributed by atoms with Crippen LogP contribution in [-0.4, -0.2) is 55.1 Å². The molecule has 1 aromatic rings. The van der Waals surface area contributed by atoms with E-state index < -0.39 is 0 Å². The summed E-state index contributed by atoms with van der Waals surface area (Å²) in [6.07, 6.45) is 8.68. The number of nitrogens with zero attached hydrogens (tertiary/aromatic N) is 2. The summed E-state index contributed by atoms with van der Waals surface area (Å²) in [7, 11) is 0. The zero-order valence-electron chi connectivity index (χ0n) is 19.9. The molecular formula is C25H40IN5O2. The maximum Gasteiger partial charge on any atom is 0.221 e. The number of hydrogen-bond donors (Lipinski definition) is 3. The molecule has 2 atom stereocenters. The van der Waals surface area contributed by atoms with Gasteiger partial charge in [0.15, 0.2) is 5.96 Å². The van der Waals surface area contributed by atoms with Crippen LogP contribution in [0.25, 0.3) is 0 Å². The van der Waals surface area contributed by atoms with Crippen molar-refractivity contribution in [1.82, 2.24) is 15.5 Å². The van der Waals surface area contributed by atoms with E-state index in [-0.39, 0.29) is 47.4 Å². The number of fused-ring (bicyclic) bond motifs is 1. The number of primary amides is 1. The van der Waals surface area contributed by atoms with Crippen molar-refractivity contribution < 1.29 is 9.53 Å². The second-order valence-electron chi connectivity index (χ2n) is 9.59. The van der Waals surface area contributed by atoms with Gasteiger partial charge in [-0.15, -0.1) is 24.0 Å². The lowest BCUT2D eigenvalue weighted by Gasteiger charge is -2.40. The van der Waals surface area contributed by atoms with E-state index in [2.05, 4.69) is 46.7 Å². The molecule has 2 heterocycles. The number of para-hydroxylation sites is 1. The summed E-state index contributed by atoms with van der Waals surface area (Å²) in [6.45, 7) is 6.48. The molecule has 1 saturated heterocycles. The third kappa shape index (κ3) is 6.74. The standard InChI is InChI=1S/C25H39N5O2.HI/c1-2-27-24(28-14-8-16-30-15-7-9-19(18-30)23(26)31)29-21-17-25(12-5-6-13-25)32-22-11-4-3-10-20(21)22;/h3-4,10-11,19,21H,2,5-9,12-18H2,1H3,(H2,26,31)(H2,27,28,29);1H. The zero-order chi connectivity index (χ0) is 22.4. The van der Waals surface area contributed by atoms with E-state index in [0.29, 0.717) is 0 Å². The molecule has 4 N–H and O–H groups in total. The van der Waals surface area contributed by atoms with Crippen LogP contribution in [-0.2, 0) is 4.79 Å². The van der Waals surface area contributed by atoms with Gasteiger partial charge in [0.2, 0.25) is 5.91 Å². The van der Waals surface area contributed by atoms with Gasteiger partial charge >= 0.3 is 0 Å². The molecule has 1 saturated carbocycles. The minimum Gasteiger partial charge on any atom is -0.487 e. The molecule has 0 aromatic heterocycles. The second kappa shape index (κ2) is 12.2. The van der Waals surface area contributed by atoms with E-state index in [1.165, 1.54) is 18.4 Å². The topological polar surface area (TPSA) is 92.0 Å². The first-order chi connectivity index (χ1) is 15.6. The Labute approximate surface area is 215 Å². The van der Waals surface area contributed by atoms with Crippen molar-refractivity contribution in [2.45, 2.75) is 69.9 Å². The lowest BCUT2D eigenvalue weighted by Crippen LogP contribution is -2.46. The lowest BCUT2D eigenvalue weighted by atomic mass is 9.86. The number of aliphatic imine (C=N–C) groups is 1. The van der Waals surface area contributed by atoms with Gasteiger partial charge in [0.1, 0.15) is 11.4 Å². The van der Waals surface area contributed by atoms with E-state index >= 15 is 0 Å². The van der Waals surface area contributed by atoms with Crippen molar-refractivity contribution in [2.75, 3.05) is 32.7 Å². The minimum atomic E-state index is -0.164. The summed E-state index contributed by atoms with van der Waals surface area (Å²) in [5.41, 5.74) is 6.70. The number of carbonyl (C=O) groups is 1. The van der Waals surface area contributed by atoms with Crippen LogP contribution in [0.5, 0.6) is 5.75 Å². The van der Waals surface area contributed by atoms with Gasteiger partial charge in [-0.1, -0.05) is 18.2 Å². The van der Waals surface area contributed by atoms with Crippen LogP contribution in [0.15, 0.2) is 29.3 Å². The van der Waals surface area contributed by atoms with E-state index in [9.17, 15) is 4.79 Å². The van der Waals surface area contributed by atoms with Crippen LogP contribution >= 0.6 is 24.0 Å². The molecule has 1 amide bonds. The molecule has 3 aliphatic rings. The molecule has 7 nitrogen and oxygen atoms in total. The van der Waals surface area contributed by atoms with Crippen molar-refractivity contribution in [3.63, 3.8) is 0 Å². The highest BCUT2D eigenvalue weighted by Gasteiger charge is 2.43. The molecule has 2 unspecified atom stereocenters. The van der Waals surface area contributed by atoms with E-state index in [1.807, 2.05) is 0 Å². The van der Waals surface area contributed by atoms with Gasteiger partial charge in [-0.25, -0.2) is 0 Å². The number of nitrogens with one attached hydrogen (secondary N) is 2. The third-order valence-electron chi connectivity index (χ3n) is 7.18. The first-order valence-corrected chi connectivity index (χ1v) is 12.4. The quantitative estimate of drug-likeness (QED) is 0.202. The average Bonchev–Trinajstić information content (AvgIpc) is 3.24. The molecule has 2 fully saturated rings. The van der Waals surface area contributed by atoms with Gasteiger partial charge in [-0.3, -0.25) is 9.79 Å². The molecule has 1 aromatic carbocycles. The number of ether oxygens (including phenoxy) is 1. The first-order valence-electron chi connectivity index (χ1n) is 12.4. The van der Waals surface area contributed by atoms with Gasteiger partial charge in [0.05, 0.1) is 12.0 Å². The van der Waals surface area contributed by atoms with Gasteiger partial charge in [-0.2, -0.15) is 0 Å². The number of halogens is 1. The molecule has 184 valence electrons. The highest BCUT2D eigenvalue weighted by Crippen LogP contribution is 2.46. The maximum absolute atomic E-state index is 11.5. The van der Waals surface area contributed by atoms with Gasteiger partial charge < -0.3 is 26.0 Å². The Kier molecular flexibility index (Phi) is 9.67. The zero-order valence-corrected chi connectivity index (χ0v) is 22.2. The third-order valence-corrected chi connectivity index (χ3v) is 7.18. The Morgan fingerprint density at radius 3 is 2.82 bits per heavy atom. The largest absolute Gasteiger partial charge is 0.487 e. The summed E-state index contributed by atoms with van der Waals surface area (Å²) in [6, 6.07) is 8.63. The van der Waals surface area contributed by atoms with E-state index in [4.69, 9.17) is 15.5 Å². The van der Waals surface area contributed by atoms with E-state index in [0.717, 1.165) is 83.0 Å². The van der Waals surface area contributed by atoms with Crippen molar-refractivity contribution in [3.8, 4) is 5.75 Å². The van der Waals surface area contributed by atoms with Crippen molar-refractivity contribution in [2.24, 2.45) is 16.6 Å². The number of piperidine rings is 1. The fourth-order valence-electron chi connectivity index (χ4n) is 5.53. The molecule has 1 aliphatic carbocycles. The van der Waals surface area contributed by atoms with Crippen LogP contribution < -0.4 is 21.1 Å². The average molecular weight is 570 g/mol. The highest BCUT2D eigenvalue weighted by molar-refractivity contribution is 14.0. The van der Waals surface area contributed by atoms with Crippen LogP contribution in [0.3, 0.4) is 0 Å². The molecule has 8 heteroatoms. The molecule has 0 bridgehead atoms. The van der Waals surface area contributed by atoms with Crippen molar-refractivity contribution >= 4 is 35.8 Å². The Balaban J connectivity index is 0.00000306. The number of rotatable bonds is 7. The van der Waals surface area contributed by atoms with Crippen molar-refractivity contribution in [1.29, 1.82) is 0 Å². The summed E-state index contributed by atoms with van der Waals surface area (Å²) in [4.78, 5) is 18.7. The normalized spacial score (nSPS) is 24.5. The summed E-state index contributed by atoms with van der Waals surface area (Å²) in [5.74, 6) is 1.73. The van der Waals surface area contributed by atoms with Crippen LogP contribution in [0.2, 0.25) is 0 Å². The van der Waals surface area contributed by atoms with Gasteiger partial charge in [-0.05, 0) is 71.0 Å². The summed E-state index contributed by atoms with van der Waals surface area (Å²) >= 11 is 0. The number of nitrogens with two attached hydrogens (primary N) is 1. The number of benzene rings is 1. The van der Waals surface area contributed by atoms with E-state index in [1.54, 1.807) is 0 Å². The Hall–Kier alpha value is -1.55. The predicted octanol–water partition coefficient (Wildman–Crippen LogP) is 3.58. The fourth-order valence-corrected chi connectivity index (χ4v) is 5.53. The number of carbonyl (C=O) groups excluding carboxylic acids is 1. The summed E-state index contributed by atoms with van der Waals surface area (Å²) in [5, 5.41) is 7.13. The van der Waals surface area contributed by atoms with Gasteiger partial charge in [0.25, 0.3) is 0 Å². The fraction of sp³-hybridized carbons (Fsp3) is 0.680. The monoisotopic (exact) mass is 569 g/mol. The Morgan fingerprint density at radius 2 is 2.06 bits per heavy atom. The number of hydrogen-bond acceptors (Lipinski definition) is 4. The molecule has 4 rings (SSSR count). The second-order valence-corrected chi connectivity index (χ2v) is 9.59. The predicted molar refractivity (Wildman–Crippen MR) is 143 cm³/mol. The molecule has 2 aliphatic heterocycles. The number of amides is 1. The lowest BCUT2D eigenvalue weighted by molar-refractivity contribution is -0.123. The van der Waals surface area contributed by atoms with Crippen molar-refractivity contribution in [3.05, 3.63) is 29.8 Å². The number of likely N-dealkylation sites (tertiary alicyclic amines) is 1. The molecular weight excluding hydrogens is 529 g/mol. The minimum absolute atomic E-state index is 0. The smallest absolute Gasteiger partial charge is 0.221 e. The molecule has 1 spiro atoms. The Bertz CT molecular complexity index is 812. The Morgan fingerprint density at radius 1 is 1.27 bits per heavy atom. The summed E-state index contributed by atoms with van der Waals surface area (Å²) < 4.78 is 6.50. The van der Waals surface area contributed by atoms with Gasteiger partial charge in [0, 0.05) is 31.6 Å². The highest BCUT2D eigenvalue weighted by atomic mass is 127. The first kappa shape index (κ1) is 26.1. The molecule has 0 radical (unpaired) electrons.